The number of aliphatic hydroxyl groups is 1. The first kappa shape index (κ1) is 21.6. The van der Waals surface area contributed by atoms with Crippen molar-refractivity contribution in [2.75, 3.05) is 13.2 Å². The molecule has 4 heterocycles. The third-order valence-electron chi connectivity index (χ3n) is 6.75. The minimum atomic E-state index is -1.83. The van der Waals surface area contributed by atoms with E-state index in [-0.39, 0.29) is 18.6 Å². The Balaban J connectivity index is 1.69. The third-order valence-corrected chi connectivity index (χ3v) is 6.75. The highest BCUT2D eigenvalue weighted by molar-refractivity contribution is 5.90. The van der Waals surface area contributed by atoms with E-state index in [4.69, 9.17) is 20.2 Å². The van der Waals surface area contributed by atoms with Crippen LogP contribution in [0.1, 0.15) is 48.9 Å². The van der Waals surface area contributed by atoms with Gasteiger partial charge in [-0.25, -0.2) is 9.78 Å². The van der Waals surface area contributed by atoms with E-state index in [0.717, 1.165) is 40.6 Å². The van der Waals surface area contributed by atoms with Crippen LogP contribution in [0.2, 0.25) is 0 Å². The molecule has 0 amide bonds. The van der Waals surface area contributed by atoms with Gasteiger partial charge in [-0.1, -0.05) is 13.8 Å². The van der Waals surface area contributed by atoms with Crippen LogP contribution in [-0.2, 0) is 34.7 Å². The van der Waals surface area contributed by atoms with Crippen LogP contribution in [0.25, 0.3) is 22.3 Å². The fourth-order valence-corrected chi connectivity index (χ4v) is 4.91. The Labute approximate surface area is 191 Å². The standard InChI is InChI=1S/C25H27N3O5/c1-3-15-16-10-14(32-9-5-8-26)6-7-20(16)27-22-17(15)12-28-21(22)11-19-18(23(28)29)13-33-24(30)25(19,31)4-2/h6-7,10-11,31H,3-5,8-9,12-13,26H2,1-2H3. The molecule has 8 nitrogen and oxygen atoms in total. The van der Waals surface area contributed by atoms with Crippen molar-refractivity contribution in [1.29, 1.82) is 0 Å². The smallest absolute Gasteiger partial charge is 0.343 e. The number of cyclic esters (lactones) is 1. The van der Waals surface area contributed by atoms with Gasteiger partial charge in [0, 0.05) is 16.5 Å². The molecule has 3 N–H and O–H groups in total. The van der Waals surface area contributed by atoms with Crippen LogP contribution in [0.15, 0.2) is 29.1 Å². The zero-order valence-electron chi connectivity index (χ0n) is 18.8. The van der Waals surface area contributed by atoms with E-state index in [9.17, 15) is 14.7 Å². The number of ether oxygens (including phenoxy) is 2. The predicted octanol–water partition coefficient (Wildman–Crippen LogP) is 2.37. The van der Waals surface area contributed by atoms with Gasteiger partial charge in [-0.3, -0.25) is 4.79 Å². The van der Waals surface area contributed by atoms with Crippen molar-refractivity contribution in [3.63, 3.8) is 0 Å². The molecule has 0 saturated heterocycles. The first-order chi connectivity index (χ1) is 15.9. The number of rotatable bonds is 6. The van der Waals surface area contributed by atoms with Crippen molar-refractivity contribution < 1.29 is 19.4 Å². The molecule has 2 aliphatic heterocycles. The lowest BCUT2D eigenvalue weighted by atomic mass is 9.86. The van der Waals surface area contributed by atoms with Gasteiger partial charge in [0.2, 0.25) is 0 Å². The Morgan fingerprint density at radius 2 is 2.06 bits per heavy atom. The highest BCUT2D eigenvalue weighted by Gasteiger charge is 2.45. The van der Waals surface area contributed by atoms with Gasteiger partial charge in [0.25, 0.3) is 5.56 Å². The quantitative estimate of drug-likeness (QED) is 0.343. The third kappa shape index (κ3) is 3.16. The van der Waals surface area contributed by atoms with Crippen molar-refractivity contribution >= 4 is 16.9 Å². The summed E-state index contributed by atoms with van der Waals surface area (Å²) < 4.78 is 12.6. The fourth-order valence-electron chi connectivity index (χ4n) is 4.91. The molecule has 1 aromatic carbocycles. The molecule has 5 rings (SSSR count). The summed E-state index contributed by atoms with van der Waals surface area (Å²) in [6.45, 7) is 5.16. The van der Waals surface area contributed by atoms with Crippen molar-refractivity contribution in [3.8, 4) is 17.1 Å². The van der Waals surface area contributed by atoms with Crippen molar-refractivity contribution in [2.24, 2.45) is 5.73 Å². The number of carbonyl (C=O) groups excluding carboxylic acids is 1. The number of benzene rings is 1. The van der Waals surface area contributed by atoms with E-state index >= 15 is 0 Å². The second-order valence-corrected chi connectivity index (χ2v) is 8.54. The molecule has 2 aromatic heterocycles. The Bertz CT molecular complexity index is 1350. The topological polar surface area (TPSA) is 117 Å². The first-order valence-corrected chi connectivity index (χ1v) is 11.4. The van der Waals surface area contributed by atoms with Crippen molar-refractivity contribution in [2.45, 2.75) is 51.9 Å². The van der Waals surface area contributed by atoms with Crippen LogP contribution in [0.4, 0.5) is 0 Å². The number of hydrogen-bond donors (Lipinski definition) is 2. The second kappa shape index (κ2) is 7.97. The molecule has 172 valence electrons. The van der Waals surface area contributed by atoms with Gasteiger partial charge >= 0.3 is 5.97 Å². The number of fused-ring (bicyclic) bond motifs is 5. The number of esters is 1. The van der Waals surface area contributed by atoms with E-state index in [0.29, 0.717) is 42.2 Å². The molecule has 0 spiro atoms. The monoisotopic (exact) mass is 449 g/mol. The maximum atomic E-state index is 13.4. The Morgan fingerprint density at radius 1 is 1.24 bits per heavy atom. The van der Waals surface area contributed by atoms with E-state index in [1.165, 1.54) is 0 Å². The van der Waals surface area contributed by atoms with Crippen LogP contribution in [-0.4, -0.2) is 33.8 Å². The van der Waals surface area contributed by atoms with Crippen LogP contribution < -0.4 is 16.0 Å². The molecule has 3 aromatic rings. The van der Waals surface area contributed by atoms with Crippen molar-refractivity contribution in [1.82, 2.24) is 9.55 Å². The first-order valence-electron chi connectivity index (χ1n) is 11.4. The summed E-state index contributed by atoms with van der Waals surface area (Å²) >= 11 is 0. The molecule has 0 radical (unpaired) electrons. The maximum Gasteiger partial charge on any atom is 0.343 e. The normalized spacial score (nSPS) is 18.6. The SMILES string of the molecule is CCc1c2c(nc3ccc(OCCCN)cc13)-c1cc3c(c(=O)n1C2)COC(=O)C3(O)CC. The summed E-state index contributed by atoms with van der Waals surface area (Å²) in [6, 6.07) is 7.55. The number of aromatic nitrogens is 2. The van der Waals surface area contributed by atoms with Gasteiger partial charge in [-0.2, -0.15) is 0 Å². The van der Waals surface area contributed by atoms with Gasteiger partial charge < -0.3 is 24.9 Å². The lowest BCUT2D eigenvalue weighted by Crippen LogP contribution is -2.44. The number of aryl methyl sites for hydroxylation is 1. The minimum Gasteiger partial charge on any atom is -0.494 e. The van der Waals surface area contributed by atoms with E-state index in [1.54, 1.807) is 17.6 Å². The van der Waals surface area contributed by atoms with Crippen LogP contribution >= 0.6 is 0 Å². The van der Waals surface area contributed by atoms with Gasteiger partial charge in [-0.05, 0) is 55.6 Å². The van der Waals surface area contributed by atoms with Crippen LogP contribution in [0.3, 0.4) is 0 Å². The predicted molar refractivity (Wildman–Crippen MR) is 123 cm³/mol. The second-order valence-electron chi connectivity index (χ2n) is 8.54. The minimum absolute atomic E-state index is 0.118. The van der Waals surface area contributed by atoms with Crippen LogP contribution in [0.5, 0.6) is 5.75 Å². The van der Waals surface area contributed by atoms with E-state index in [1.807, 2.05) is 18.2 Å². The average molecular weight is 450 g/mol. The molecular formula is C25H27N3O5. The lowest BCUT2D eigenvalue weighted by Gasteiger charge is -2.31. The van der Waals surface area contributed by atoms with Gasteiger partial charge in [-0.15, -0.1) is 0 Å². The molecule has 0 fully saturated rings. The number of nitrogens with zero attached hydrogens (tertiary/aromatic N) is 2. The highest BCUT2D eigenvalue weighted by atomic mass is 16.6. The van der Waals surface area contributed by atoms with E-state index in [2.05, 4.69) is 6.92 Å². The number of nitrogens with two attached hydrogens (primary N) is 1. The summed E-state index contributed by atoms with van der Waals surface area (Å²) in [5.41, 5.74) is 8.37. The molecule has 0 aliphatic carbocycles. The number of hydrogen-bond acceptors (Lipinski definition) is 7. The van der Waals surface area contributed by atoms with Crippen LogP contribution in [0, 0.1) is 0 Å². The summed E-state index contributed by atoms with van der Waals surface area (Å²) in [5, 5.41) is 12.0. The maximum absolute atomic E-state index is 13.4. The zero-order chi connectivity index (χ0) is 23.3. The number of pyridine rings is 2. The van der Waals surface area contributed by atoms with E-state index < -0.39 is 11.6 Å². The molecule has 8 heteroatoms. The Kier molecular flexibility index (Phi) is 5.22. The summed E-state index contributed by atoms with van der Waals surface area (Å²) in [7, 11) is 0. The van der Waals surface area contributed by atoms with Gasteiger partial charge in [0.05, 0.1) is 35.6 Å². The van der Waals surface area contributed by atoms with Crippen molar-refractivity contribution in [3.05, 3.63) is 56.9 Å². The number of carbonyl (C=O) groups is 1. The zero-order valence-corrected chi connectivity index (χ0v) is 18.8. The molecule has 1 unspecified atom stereocenters. The molecule has 33 heavy (non-hydrogen) atoms. The molecule has 1 atom stereocenters. The summed E-state index contributed by atoms with van der Waals surface area (Å²) in [4.78, 5) is 30.6. The summed E-state index contributed by atoms with van der Waals surface area (Å²) in [6.07, 6.45) is 1.66. The fraction of sp³-hybridized carbons (Fsp3) is 0.400. The lowest BCUT2D eigenvalue weighted by molar-refractivity contribution is -0.172. The Hall–Kier alpha value is -3.23. The van der Waals surface area contributed by atoms with Gasteiger partial charge in [0.1, 0.15) is 12.4 Å². The van der Waals surface area contributed by atoms with Gasteiger partial charge in [0.15, 0.2) is 5.60 Å². The highest BCUT2D eigenvalue weighted by Crippen LogP contribution is 2.40. The molecular weight excluding hydrogens is 422 g/mol. The average Bonchev–Trinajstić information content (AvgIpc) is 3.19. The molecule has 0 saturated carbocycles. The largest absolute Gasteiger partial charge is 0.494 e. The summed E-state index contributed by atoms with van der Waals surface area (Å²) in [5.74, 6) is 0.0437. The molecule has 2 aliphatic rings. The molecule has 0 bridgehead atoms. The Morgan fingerprint density at radius 3 is 2.79 bits per heavy atom.